The maximum Gasteiger partial charge on any atom is 0.326 e. The smallest absolute Gasteiger partial charge is 0.326 e. The lowest BCUT2D eigenvalue weighted by molar-refractivity contribution is -0.153. The Bertz CT molecular complexity index is 824. The molecule has 0 radical (unpaired) electrons. The monoisotopic (exact) mass is 419 g/mol. The van der Waals surface area contributed by atoms with Crippen molar-refractivity contribution >= 4 is 35.6 Å². The van der Waals surface area contributed by atoms with Gasteiger partial charge in [0.15, 0.2) is 6.61 Å². The van der Waals surface area contributed by atoms with Crippen LogP contribution in [0.2, 0.25) is 0 Å². The van der Waals surface area contributed by atoms with Crippen LogP contribution in [-0.2, 0) is 25.7 Å². The van der Waals surface area contributed by atoms with Crippen molar-refractivity contribution in [1.29, 1.82) is 0 Å². The zero-order valence-corrected chi connectivity index (χ0v) is 17.6. The number of urea groups is 1. The second-order valence-electron chi connectivity index (χ2n) is 7.56. The Hall–Kier alpha value is -2.55. The van der Waals surface area contributed by atoms with Crippen molar-refractivity contribution in [1.82, 2.24) is 15.1 Å². The van der Waals surface area contributed by atoms with E-state index in [0.29, 0.717) is 6.54 Å². The molecule has 1 saturated heterocycles. The first-order valence-electron chi connectivity index (χ1n) is 9.41. The van der Waals surface area contributed by atoms with Crippen molar-refractivity contribution in [2.45, 2.75) is 36.7 Å². The molecule has 2 aliphatic rings. The number of likely N-dealkylation sites (N-methyl/N-ethyl adjacent to an activating group) is 1. The van der Waals surface area contributed by atoms with E-state index in [0.717, 1.165) is 28.2 Å². The number of amides is 4. The molecular formula is C20H25N3O5S. The Morgan fingerprint density at radius 3 is 2.52 bits per heavy atom. The van der Waals surface area contributed by atoms with E-state index >= 15 is 0 Å². The van der Waals surface area contributed by atoms with Gasteiger partial charge < -0.3 is 15.0 Å². The molecule has 1 aromatic carbocycles. The van der Waals surface area contributed by atoms with Crippen LogP contribution in [0.25, 0.3) is 0 Å². The molecule has 29 heavy (non-hydrogen) atoms. The molecule has 3 rings (SSSR count). The van der Waals surface area contributed by atoms with E-state index in [2.05, 4.69) is 5.32 Å². The van der Waals surface area contributed by atoms with Crippen LogP contribution in [0.5, 0.6) is 0 Å². The highest BCUT2D eigenvalue weighted by atomic mass is 32.2. The number of carbonyl (C=O) groups excluding carboxylic acids is 4. The summed E-state index contributed by atoms with van der Waals surface area (Å²) in [7, 11) is 1.62. The van der Waals surface area contributed by atoms with Gasteiger partial charge >= 0.3 is 12.0 Å². The molecule has 1 aliphatic heterocycles. The number of esters is 1. The third-order valence-electron chi connectivity index (χ3n) is 5.34. The van der Waals surface area contributed by atoms with Gasteiger partial charge in [0.1, 0.15) is 12.1 Å². The van der Waals surface area contributed by atoms with Gasteiger partial charge in [-0.05, 0) is 49.6 Å². The average molecular weight is 420 g/mol. The van der Waals surface area contributed by atoms with E-state index in [1.54, 1.807) is 25.7 Å². The average Bonchev–Trinajstić information content (AvgIpc) is 3.52. The summed E-state index contributed by atoms with van der Waals surface area (Å²) < 4.78 is 4.99. The number of nitrogens with one attached hydrogen (secondary N) is 1. The number of nitrogens with zero attached hydrogens (tertiary/aromatic N) is 2. The Kier molecular flexibility index (Phi) is 6.16. The van der Waals surface area contributed by atoms with Crippen LogP contribution < -0.4 is 5.32 Å². The van der Waals surface area contributed by atoms with Crippen molar-refractivity contribution in [3.8, 4) is 0 Å². The van der Waals surface area contributed by atoms with Gasteiger partial charge in [0.25, 0.3) is 11.8 Å². The SMILES string of the molecule is CSc1ccc(CN(C)C(=O)COC(=O)CN2C(=O)N[C@@](C)(C3CC3)C2=O)cc1. The molecule has 4 amide bonds. The Balaban J connectivity index is 1.46. The van der Waals surface area contributed by atoms with Gasteiger partial charge in [-0.25, -0.2) is 4.79 Å². The number of hydrogen-bond acceptors (Lipinski definition) is 6. The van der Waals surface area contributed by atoms with Gasteiger partial charge in [-0.15, -0.1) is 11.8 Å². The van der Waals surface area contributed by atoms with Crippen molar-refractivity contribution in [3.63, 3.8) is 0 Å². The lowest BCUT2D eigenvalue weighted by atomic mass is 9.96. The van der Waals surface area contributed by atoms with Crippen molar-refractivity contribution in [3.05, 3.63) is 29.8 Å². The lowest BCUT2D eigenvalue weighted by Crippen LogP contribution is -2.46. The zero-order chi connectivity index (χ0) is 21.2. The largest absolute Gasteiger partial charge is 0.454 e. The summed E-state index contributed by atoms with van der Waals surface area (Å²) in [6.45, 7) is 1.13. The van der Waals surface area contributed by atoms with Gasteiger partial charge in [0.05, 0.1) is 0 Å². The summed E-state index contributed by atoms with van der Waals surface area (Å²) in [5.41, 5.74) is 0.0165. The van der Waals surface area contributed by atoms with Crippen molar-refractivity contribution < 1.29 is 23.9 Å². The third kappa shape index (κ3) is 4.72. The Morgan fingerprint density at radius 1 is 1.28 bits per heavy atom. The molecule has 1 aliphatic carbocycles. The molecule has 1 saturated carbocycles. The quantitative estimate of drug-likeness (QED) is 0.391. The van der Waals surface area contributed by atoms with Crippen LogP contribution in [-0.4, -0.2) is 65.6 Å². The minimum atomic E-state index is -0.945. The van der Waals surface area contributed by atoms with E-state index in [9.17, 15) is 19.2 Å². The second-order valence-corrected chi connectivity index (χ2v) is 8.44. The molecule has 1 aromatic rings. The molecular weight excluding hydrogens is 394 g/mol. The summed E-state index contributed by atoms with van der Waals surface area (Å²) in [5, 5.41) is 2.67. The molecule has 9 heteroatoms. The normalized spacial score (nSPS) is 21.1. The summed E-state index contributed by atoms with van der Waals surface area (Å²) in [4.78, 5) is 52.3. The third-order valence-corrected chi connectivity index (χ3v) is 6.09. The summed E-state index contributed by atoms with van der Waals surface area (Å²) in [6, 6.07) is 7.24. The van der Waals surface area contributed by atoms with Gasteiger partial charge in [-0.1, -0.05) is 12.1 Å². The first-order chi connectivity index (χ1) is 13.7. The highest BCUT2D eigenvalue weighted by Crippen LogP contribution is 2.42. The number of carbonyl (C=O) groups is 4. The topological polar surface area (TPSA) is 96.0 Å². The summed E-state index contributed by atoms with van der Waals surface area (Å²) in [5.74, 6) is -1.47. The molecule has 156 valence electrons. The number of benzene rings is 1. The standard InChI is InChI=1S/C20H25N3O5S/c1-20(14-6-7-14)18(26)23(19(27)21-20)11-17(25)28-12-16(24)22(2)10-13-4-8-15(29-3)9-5-13/h4-5,8-9,14H,6-7,10-12H2,1-3H3,(H,21,27)/t20-/m0/s1. The fourth-order valence-corrected chi connectivity index (χ4v) is 3.73. The second kappa shape index (κ2) is 8.44. The number of imide groups is 1. The van der Waals surface area contributed by atoms with Crippen LogP contribution in [0.4, 0.5) is 4.79 Å². The highest BCUT2D eigenvalue weighted by molar-refractivity contribution is 7.98. The highest BCUT2D eigenvalue weighted by Gasteiger charge is 2.56. The number of ether oxygens (including phenoxy) is 1. The molecule has 1 atom stereocenters. The van der Waals surface area contributed by atoms with E-state index in [4.69, 9.17) is 4.74 Å². The number of thioether (sulfide) groups is 1. The lowest BCUT2D eigenvalue weighted by Gasteiger charge is -2.21. The van der Waals surface area contributed by atoms with Crippen LogP contribution >= 0.6 is 11.8 Å². The van der Waals surface area contributed by atoms with Gasteiger partial charge in [-0.3, -0.25) is 19.3 Å². The minimum absolute atomic E-state index is 0.111. The van der Waals surface area contributed by atoms with Gasteiger partial charge in [0, 0.05) is 18.5 Å². The predicted octanol–water partition coefficient (Wildman–Crippen LogP) is 1.63. The van der Waals surface area contributed by atoms with Crippen molar-refractivity contribution in [2.24, 2.45) is 5.92 Å². The molecule has 2 fully saturated rings. The molecule has 0 bridgehead atoms. The van der Waals surface area contributed by atoms with Crippen LogP contribution in [0, 0.1) is 5.92 Å². The molecule has 0 unspecified atom stereocenters. The molecule has 1 heterocycles. The van der Waals surface area contributed by atoms with Gasteiger partial charge in [-0.2, -0.15) is 0 Å². The number of rotatable bonds is 8. The number of hydrogen-bond donors (Lipinski definition) is 1. The maximum atomic E-state index is 12.5. The molecule has 0 spiro atoms. The van der Waals surface area contributed by atoms with E-state index in [1.807, 2.05) is 30.5 Å². The van der Waals surface area contributed by atoms with Crippen LogP contribution in [0.1, 0.15) is 25.3 Å². The van der Waals surface area contributed by atoms with E-state index < -0.39 is 36.6 Å². The van der Waals surface area contributed by atoms with E-state index in [1.165, 1.54) is 4.90 Å². The maximum absolute atomic E-state index is 12.5. The van der Waals surface area contributed by atoms with Crippen LogP contribution in [0.15, 0.2) is 29.2 Å². The van der Waals surface area contributed by atoms with E-state index in [-0.39, 0.29) is 11.8 Å². The van der Waals surface area contributed by atoms with Crippen molar-refractivity contribution in [2.75, 3.05) is 26.5 Å². The molecule has 8 nitrogen and oxygen atoms in total. The minimum Gasteiger partial charge on any atom is -0.454 e. The Morgan fingerprint density at radius 2 is 1.93 bits per heavy atom. The first kappa shape index (κ1) is 21.2. The van der Waals surface area contributed by atoms with Crippen LogP contribution in [0.3, 0.4) is 0 Å². The zero-order valence-electron chi connectivity index (χ0n) is 16.8. The fraction of sp³-hybridized carbons (Fsp3) is 0.500. The first-order valence-corrected chi connectivity index (χ1v) is 10.6. The fourth-order valence-electron chi connectivity index (χ4n) is 3.32. The summed E-state index contributed by atoms with van der Waals surface area (Å²) in [6.07, 6.45) is 3.74. The predicted molar refractivity (Wildman–Crippen MR) is 107 cm³/mol. The molecule has 1 N–H and O–H groups in total. The summed E-state index contributed by atoms with van der Waals surface area (Å²) >= 11 is 1.64. The molecule has 0 aromatic heterocycles. The Labute approximate surface area is 173 Å². The van der Waals surface area contributed by atoms with Gasteiger partial charge in [0.2, 0.25) is 0 Å².